The van der Waals surface area contributed by atoms with E-state index in [1.54, 1.807) is 13.0 Å². The normalized spacial score (nSPS) is 10.9. The summed E-state index contributed by atoms with van der Waals surface area (Å²) in [6, 6.07) is 9.26. The van der Waals surface area contributed by atoms with Crippen LogP contribution in [0.15, 0.2) is 29.1 Å². The largest absolute Gasteiger partial charge is 0.506 e. The molecule has 1 aromatic carbocycles. The van der Waals surface area contributed by atoms with Gasteiger partial charge in [-0.1, -0.05) is 19.1 Å². The number of aromatic hydroxyl groups is 1. The molecule has 3 aromatic rings. The molecule has 0 aliphatic rings. The van der Waals surface area contributed by atoms with Gasteiger partial charge in [0.1, 0.15) is 23.0 Å². The van der Waals surface area contributed by atoms with Gasteiger partial charge in [-0.05, 0) is 18.6 Å². The summed E-state index contributed by atoms with van der Waals surface area (Å²) in [6.45, 7) is 1.78. The molecule has 3 rings (SSSR count). The third-order valence-electron chi connectivity index (χ3n) is 3.31. The van der Waals surface area contributed by atoms with Crippen LogP contribution in [0.3, 0.4) is 0 Å². The molecule has 0 bridgehead atoms. The van der Waals surface area contributed by atoms with E-state index in [1.807, 2.05) is 24.3 Å². The van der Waals surface area contributed by atoms with E-state index in [0.29, 0.717) is 17.6 Å². The van der Waals surface area contributed by atoms with Crippen molar-refractivity contribution in [1.82, 2.24) is 9.38 Å². The Morgan fingerprint density at radius 2 is 2.16 bits per heavy atom. The number of hydrogen-bond acceptors (Lipinski definition) is 3. The lowest BCUT2D eigenvalue weighted by Gasteiger charge is -2.05. The second-order valence-electron chi connectivity index (χ2n) is 4.30. The summed E-state index contributed by atoms with van der Waals surface area (Å²) in [6.07, 6.45) is 0.377. The molecule has 0 fully saturated rings. The van der Waals surface area contributed by atoms with Crippen LogP contribution in [-0.4, -0.2) is 14.5 Å². The Bertz CT molecular complexity index is 897. The van der Waals surface area contributed by atoms with Crippen molar-refractivity contribution < 1.29 is 5.11 Å². The number of para-hydroxylation sites is 2. The number of nitriles is 1. The highest BCUT2D eigenvalue weighted by molar-refractivity contribution is 5.83. The lowest BCUT2D eigenvalue weighted by molar-refractivity contribution is 0.465. The number of fused-ring (bicyclic) bond motifs is 3. The summed E-state index contributed by atoms with van der Waals surface area (Å²) < 4.78 is 1.45. The van der Waals surface area contributed by atoms with Crippen molar-refractivity contribution in [2.24, 2.45) is 0 Å². The van der Waals surface area contributed by atoms with Gasteiger partial charge in [-0.3, -0.25) is 9.20 Å². The molecule has 2 heterocycles. The average Bonchev–Trinajstić information content (AvgIpc) is 2.79. The number of aromatic nitrogens is 2. The zero-order chi connectivity index (χ0) is 13.6. The van der Waals surface area contributed by atoms with Crippen molar-refractivity contribution in [2.75, 3.05) is 0 Å². The molecule has 0 unspecified atom stereocenters. The van der Waals surface area contributed by atoms with Crippen molar-refractivity contribution in [3.05, 3.63) is 45.7 Å². The van der Waals surface area contributed by atoms with Gasteiger partial charge in [0.15, 0.2) is 0 Å². The van der Waals surface area contributed by atoms with E-state index in [9.17, 15) is 15.2 Å². The van der Waals surface area contributed by atoms with Crippen LogP contribution in [-0.2, 0) is 6.42 Å². The maximum Gasteiger partial charge on any atom is 0.263 e. The number of rotatable bonds is 1. The minimum Gasteiger partial charge on any atom is -0.506 e. The second kappa shape index (κ2) is 3.89. The summed E-state index contributed by atoms with van der Waals surface area (Å²) >= 11 is 0. The first-order valence-electron chi connectivity index (χ1n) is 5.96. The zero-order valence-electron chi connectivity index (χ0n) is 10.3. The summed E-state index contributed by atoms with van der Waals surface area (Å²) in [4.78, 5) is 15.4. The van der Waals surface area contributed by atoms with E-state index in [0.717, 1.165) is 5.52 Å². The van der Waals surface area contributed by atoms with Crippen LogP contribution in [0.4, 0.5) is 0 Å². The van der Waals surface area contributed by atoms with Crippen molar-refractivity contribution >= 4 is 16.7 Å². The summed E-state index contributed by atoms with van der Waals surface area (Å²) in [5, 5.41) is 19.2. The molecule has 0 atom stereocenters. The molecule has 19 heavy (non-hydrogen) atoms. The number of aromatic amines is 1. The first-order chi connectivity index (χ1) is 9.19. The van der Waals surface area contributed by atoms with E-state index < -0.39 is 0 Å². The topological polar surface area (TPSA) is 81.3 Å². The lowest BCUT2D eigenvalue weighted by Crippen LogP contribution is -2.18. The predicted molar refractivity (Wildman–Crippen MR) is 71.3 cm³/mol. The first-order valence-corrected chi connectivity index (χ1v) is 5.96. The minimum atomic E-state index is -0.286. The number of nitrogens with zero attached hydrogens (tertiary/aromatic N) is 2. The highest BCUT2D eigenvalue weighted by atomic mass is 16.3. The lowest BCUT2D eigenvalue weighted by atomic mass is 10.1. The molecule has 0 radical (unpaired) electrons. The van der Waals surface area contributed by atoms with Crippen LogP contribution >= 0.6 is 0 Å². The van der Waals surface area contributed by atoms with E-state index in [2.05, 4.69) is 4.98 Å². The average molecular weight is 253 g/mol. The Labute approximate surface area is 108 Å². The molecule has 5 heteroatoms. The van der Waals surface area contributed by atoms with Gasteiger partial charge < -0.3 is 10.1 Å². The van der Waals surface area contributed by atoms with Crippen molar-refractivity contribution in [2.45, 2.75) is 13.3 Å². The number of H-pyrrole nitrogens is 1. The summed E-state index contributed by atoms with van der Waals surface area (Å²) in [5.74, 6) is -0.221. The van der Waals surface area contributed by atoms with Gasteiger partial charge in [0.05, 0.1) is 16.6 Å². The molecule has 0 amide bonds. The molecular weight excluding hydrogens is 242 g/mol. The third-order valence-corrected chi connectivity index (χ3v) is 3.31. The van der Waals surface area contributed by atoms with Gasteiger partial charge in [0, 0.05) is 0 Å². The summed E-state index contributed by atoms with van der Waals surface area (Å²) in [5.41, 5.74) is 1.87. The molecule has 2 aromatic heterocycles. The molecule has 5 nitrogen and oxygen atoms in total. The maximum atomic E-state index is 12.4. The molecule has 0 saturated carbocycles. The molecule has 94 valence electrons. The predicted octanol–water partition coefficient (Wildman–Crippen LogP) is 1.92. The fraction of sp³-hybridized carbons (Fsp3) is 0.143. The van der Waals surface area contributed by atoms with Gasteiger partial charge >= 0.3 is 0 Å². The maximum absolute atomic E-state index is 12.4. The monoisotopic (exact) mass is 253 g/mol. The van der Waals surface area contributed by atoms with Crippen LogP contribution in [0.2, 0.25) is 0 Å². The number of benzene rings is 1. The van der Waals surface area contributed by atoms with Crippen LogP contribution in [0.5, 0.6) is 5.75 Å². The molecule has 0 saturated heterocycles. The fourth-order valence-electron chi connectivity index (χ4n) is 2.39. The van der Waals surface area contributed by atoms with E-state index in [-0.39, 0.29) is 22.4 Å². The minimum absolute atomic E-state index is 0.104. The molecular formula is C14H11N3O2. The number of pyridine rings is 1. The smallest absolute Gasteiger partial charge is 0.263 e. The van der Waals surface area contributed by atoms with Crippen LogP contribution in [0.1, 0.15) is 18.1 Å². The number of hydrogen-bond donors (Lipinski definition) is 2. The third kappa shape index (κ3) is 1.37. The zero-order valence-corrected chi connectivity index (χ0v) is 10.3. The van der Waals surface area contributed by atoms with E-state index in [1.165, 1.54) is 4.40 Å². The Hall–Kier alpha value is -2.74. The van der Waals surface area contributed by atoms with Crippen molar-refractivity contribution in [3.63, 3.8) is 0 Å². The van der Waals surface area contributed by atoms with Crippen LogP contribution in [0.25, 0.3) is 16.7 Å². The molecule has 2 N–H and O–H groups in total. The van der Waals surface area contributed by atoms with Crippen molar-refractivity contribution in [3.8, 4) is 11.8 Å². The standard InChI is InChI=1S/C14H11N3O2/c1-2-8-12(18)9(7-15)13-16-10-5-3-4-6-11(10)17(13)14(8)19/h3-6,16,18H,2H2,1H3. The summed E-state index contributed by atoms with van der Waals surface area (Å²) in [7, 11) is 0. The molecule has 0 aliphatic carbocycles. The van der Waals surface area contributed by atoms with E-state index >= 15 is 0 Å². The van der Waals surface area contributed by atoms with E-state index in [4.69, 9.17) is 0 Å². The number of nitrogens with one attached hydrogen (secondary N) is 1. The van der Waals surface area contributed by atoms with Gasteiger partial charge in [0.2, 0.25) is 0 Å². The highest BCUT2D eigenvalue weighted by Crippen LogP contribution is 2.26. The van der Waals surface area contributed by atoms with Crippen LogP contribution < -0.4 is 5.56 Å². The van der Waals surface area contributed by atoms with Gasteiger partial charge in [-0.15, -0.1) is 0 Å². The number of imidazole rings is 1. The molecule has 0 spiro atoms. The molecule has 0 aliphatic heterocycles. The van der Waals surface area contributed by atoms with Gasteiger partial charge in [0.25, 0.3) is 5.56 Å². The Morgan fingerprint density at radius 3 is 2.84 bits per heavy atom. The van der Waals surface area contributed by atoms with Gasteiger partial charge in [-0.25, -0.2) is 0 Å². The SMILES string of the molecule is CCc1c(O)c(C#N)c2[nH]c3ccccc3n2c1=O. The van der Waals surface area contributed by atoms with Gasteiger partial charge in [-0.2, -0.15) is 5.26 Å². The Morgan fingerprint density at radius 1 is 1.42 bits per heavy atom. The Balaban J connectivity index is 2.69. The second-order valence-corrected chi connectivity index (χ2v) is 4.30. The highest BCUT2D eigenvalue weighted by Gasteiger charge is 2.19. The Kier molecular flexibility index (Phi) is 2.32. The first kappa shape index (κ1) is 11.4. The van der Waals surface area contributed by atoms with Crippen molar-refractivity contribution in [1.29, 1.82) is 5.26 Å². The van der Waals surface area contributed by atoms with Crippen LogP contribution in [0, 0.1) is 11.3 Å². The quantitative estimate of drug-likeness (QED) is 0.695. The fourth-order valence-corrected chi connectivity index (χ4v) is 2.39.